The summed E-state index contributed by atoms with van der Waals surface area (Å²) < 4.78 is 0. The van der Waals surface area contributed by atoms with E-state index >= 15 is 0 Å². The molecule has 0 aromatic heterocycles. The van der Waals surface area contributed by atoms with E-state index in [-0.39, 0.29) is 11.4 Å². The molecule has 0 saturated carbocycles. The SMILES string of the molecule is CCCC1(C(=O)NCc2ccc(Cl)cc2)CCCN1. The number of hydrogen-bond donors (Lipinski definition) is 2. The van der Waals surface area contributed by atoms with Crippen molar-refractivity contribution in [2.75, 3.05) is 6.54 Å². The predicted molar refractivity (Wildman–Crippen MR) is 78.2 cm³/mol. The monoisotopic (exact) mass is 280 g/mol. The second-order valence-corrected chi connectivity index (χ2v) is 5.61. The maximum Gasteiger partial charge on any atom is 0.240 e. The van der Waals surface area contributed by atoms with E-state index < -0.39 is 0 Å². The fraction of sp³-hybridized carbons (Fsp3) is 0.533. The number of benzene rings is 1. The number of carbonyl (C=O) groups excluding carboxylic acids is 1. The van der Waals surface area contributed by atoms with Crippen molar-refractivity contribution >= 4 is 17.5 Å². The Hall–Kier alpha value is -1.06. The van der Waals surface area contributed by atoms with Crippen LogP contribution in [0.25, 0.3) is 0 Å². The van der Waals surface area contributed by atoms with Crippen molar-refractivity contribution in [1.82, 2.24) is 10.6 Å². The van der Waals surface area contributed by atoms with E-state index in [0.29, 0.717) is 6.54 Å². The summed E-state index contributed by atoms with van der Waals surface area (Å²) in [5.74, 6) is 0.127. The molecule has 1 atom stereocenters. The number of rotatable bonds is 5. The second kappa shape index (κ2) is 6.40. The Kier molecular flexibility index (Phi) is 4.83. The van der Waals surface area contributed by atoms with Gasteiger partial charge in [-0.3, -0.25) is 4.79 Å². The first-order valence-electron chi connectivity index (χ1n) is 6.94. The Labute approximate surface area is 119 Å². The van der Waals surface area contributed by atoms with Crippen molar-refractivity contribution in [3.8, 4) is 0 Å². The molecule has 0 radical (unpaired) electrons. The Balaban J connectivity index is 1.94. The van der Waals surface area contributed by atoms with Gasteiger partial charge in [-0.05, 0) is 43.5 Å². The molecule has 104 valence electrons. The number of hydrogen-bond acceptors (Lipinski definition) is 2. The highest BCUT2D eigenvalue weighted by Crippen LogP contribution is 2.25. The lowest BCUT2D eigenvalue weighted by atomic mass is 9.91. The van der Waals surface area contributed by atoms with Crippen LogP contribution in [-0.2, 0) is 11.3 Å². The molecule has 1 aromatic carbocycles. The van der Waals surface area contributed by atoms with Crippen LogP contribution in [0.2, 0.25) is 5.02 Å². The smallest absolute Gasteiger partial charge is 0.240 e. The summed E-state index contributed by atoms with van der Waals surface area (Å²) in [4.78, 5) is 12.4. The number of carbonyl (C=O) groups is 1. The lowest BCUT2D eigenvalue weighted by Crippen LogP contribution is -2.53. The fourth-order valence-corrected chi connectivity index (χ4v) is 2.83. The van der Waals surface area contributed by atoms with E-state index in [4.69, 9.17) is 11.6 Å². The average Bonchev–Trinajstić information content (AvgIpc) is 2.88. The zero-order valence-electron chi connectivity index (χ0n) is 11.3. The third kappa shape index (κ3) is 3.48. The van der Waals surface area contributed by atoms with Crippen LogP contribution in [0.1, 0.15) is 38.2 Å². The van der Waals surface area contributed by atoms with E-state index in [9.17, 15) is 4.79 Å². The second-order valence-electron chi connectivity index (χ2n) is 5.17. The predicted octanol–water partition coefficient (Wildman–Crippen LogP) is 2.88. The Morgan fingerprint density at radius 1 is 1.42 bits per heavy atom. The molecule has 1 aromatic rings. The van der Waals surface area contributed by atoms with Gasteiger partial charge in [0.25, 0.3) is 0 Å². The van der Waals surface area contributed by atoms with Crippen LogP contribution in [0.4, 0.5) is 0 Å². The van der Waals surface area contributed by atoms with Crippen molar-refractivity contribution in [3.63, 3.8) is 0 Å². The molecule has 4 heteroatoms. The third-order valence-corrected chi connectivity index (χ3v) is 3.97. The summed E-state index contributed by atoms with van der Waals surface area (Å²) in [7, 11) is 0. The van der Waals surface area contributed by atoms with E-state index in [1.165, 1.54) is 0 Å². The first kappa shape index (κ1) is 14.4. The van der Waals surface area contributed by atoms with Crippen molar-refractivity contribution in [2.45, 2.75) is 44.7 Å². The van der Waals surface area contributed by atoms with Gasteiger partial charge < -0.3 is 10.6 Å². The zero-order valence-corrected chi connectivity index (χ0v) is 12.1. The molecule has 1 saturated heterocycles. The van der Waals surface area contributed by atoms with Gasteiger partial charge in [-0.2, -0.15) is 0 Å². The molecule has 2 N–H and O–H groups in total. The van der Waals surface area contributed by atoms with Gasteiger partial charge in [0.1, 0.15) is 0 Å². The Morgan fingerprint density at radius 3 is 2.74 bits per heavy atom. The minimum Gasteiger partial charge on any atom is -0.350 e. The molecule has 0 bridgehead atoms. The Morgan fingerprint density at radius 2 is 2.16 bits per heavy atom. The highest BCUT2D eigenvalue weighted by Gasteiger charge is 2.39. The maximum atomic E-state index is 12.4. The van der Waals surface area contributed by atoms with E-state index in [0.717, 1.165) is 42.8 Å². The van der Waals surface area contributed by atoms with Crippen LogP contribution >= 0.6 is 11.6 Å². The molecule has 1 amide bonds. The first-order chi connectivity index (χ1) is 9.16. The normalized spacial score (nSPS) is 22.4. The van der Waals surface area contributed by atoms with Crippen molar-refractivity contribution in [2.24, 2.45) is 0 Å². The Bertz CT molecular complexity index is 424. The summed E-state index contributed by atoms with van der Waals surface area (Å²) in [5, 5.41) is 7.14. The van der Waals surface area contributed by atoms with Crippen LogP contribution in [0.5, 0.6) is 0 Å². The molecular formula is C15H21ClN2O. The van der Waals surface area contributed by atoms with Crippen LogP contribution in [0.3, 0.4) is 0 Å². The minimum atomic E-state index is -0.346. The largest absolute Gasteiger partial charge is 0.350 e. The maximum absolute atomic E-state index is 12.4. The minimum absolute atomic E-state index is 0.127. The molecule has 1 heterocycles. The molecule has 2 rings (SSSR count). The van der Waals surface area contributed by atoms with Gasteiger partial charge >= 0.3 is 0 Å². The summed E-state index contributed by atoms with van der Waals surface area (Å²) in [5.41, 5.74) is 0.726. The van der Waals surface area contributed by atoms with Gasteiger partial charge in [-0.1, -0.05) is 37.1 Å². The van der Waals surface area contributed by atoms with Gasteiger partial charge in [-0.25, -0.2) is 0 Å². The first-order valence-corrected chi connectivity index (χ1v) is 7.32. The fourth-order valence-electron chi connectivity index (χ4n) is 2.71. The van der Waals surface area contributed by atoms with Crippen LogP contribution in [-0.4, -0.2) is 18.0 Å². The molecule has 0 aliphatic carbocycles. The standard InChI is InChI=1S/C15H21ClN2O/c1-2-8-15(9-3-10-18-15)14(19)17-11-12-4-6-13(16)7-5-12/h4-7,18H,2-3,8-11H2,1H3,(H,17,19). The summed E-state index contributed by atoms with van der Waals surface area (Å²) >= 11 is 5.84. The summed E-state index contributed by atoms with van der Waals surface area (Å²) in [6.45, 7) is 3.62. The van der Waals surface area contributed by atoms with Crippen molar-refractivity contribution < 1.29 is 4.79 Å². The van der Waals surface area contributed by atoms with Gasteiger partial charge in [-0.15, -0.1) is 0 Å². The number of halogens is 1. The van der Waals surface area contributed by atoms with Crippen molar-refractivity contribution in [3.05, 3.63) is 34.9 Å². The molecule has 0 spiro atoms. The molecular weight excluding hydrogens is 260 g/mol. The van der Waals surface area contributed by atoms with Crippen LogP contribution in [0.15, 0.2) is 24.3 Å². The molecule has 1 unspecified atom stereocenters. The molecule has 19 heavy (non-hydrogen) atoms. The molecule has 1 aliphatic rings. The lowest BCUT2D eigenvalue weighted by molar-refractivity contribution is -0.127. The van der Waals surface area contributed by atoms with Crippen LogP contribution in [0, 0.1) is 0 Å². The van der Waals surface area contributed by atoms with E-state index in [2.05, 4.69) is 17.6 Å². The summed E-state index contributed by atoms with van der Waals surface area (Å²) in [6, 6.07) is 7.58. The highest BCUT2D eigenvalue weighted by molar-refractivity contribution is 6.30. The van der Waals surface area contributed by atoms with Gasteiger partial charge in [0.05, 0.1) is 5.54 Å². The number of amides is 1. The van der Waals surface area contributed by atoms with E-state index in [1.54, 1.807) is 0 Å². The lowest BCUT2D eigenvalue weighted by Gasteiger charge is -2.27. The van der Waals surface area contributed by atoms with Gasteiger partial charge in [0.2, 0.25) is 5.91 Å². The zero-order chi connectivity index (χ0) is 13.7. The quantitative estimate of drug-likeness (QED) is 0.871. The molecule has 1 fully saturated rings. The van der Waals surface area contributed by atoms with Crippen LogP contribution < -0.4 is 10.6 Å². The van der Waals surface area contributed by atoms with Gasteiger partial charge in [0, 0.05) is 11.6 Å². The summed E-state index contributed by atoms with van der Waals surface area (Å²) in [6.07, 6.45) is 3.93. The number of nitrogens with one attached hydrogen (secondary N) is 2. The average molecular weight is 281 g/mol. The van der Waals surface area contributed by atoms with E-state index in [1.807, 2.05) is 24.3 Å². The molecule has 3 nitrogen and oxygen atoms in total. The highest BCUT2D eigenvalue weighted by atomic mass is 35.5. The van der Waals surface area contributed by atoms with Crippen molar-refractivity contribution in [1.29, 1.82) is 0 Å². The van der Waals surface area contributed by atoms with Gasteiger partial charge in [0.15, 0.2) is 0 Å². The third-order valence-electron chi connectivity index (χ3n) is 3.72. The topological polar surface area (TPSA) is 41.1 Å². The molecule has 1 aliphatic heterocycles.